The Hall–Kier alpha value is 0.861. The van der Waals surface area contributed by atoms with Gasteiger partial charge in [0.25, 0.3) is 0 Å². The Balaban J connectivity index is 0. The Kier molecular flexibility index (Phi) is 20.2. The Morgan fingerprint density at radius 1 is 1.25 bits per heavy atom. The summed E-state index contributed by atoms with van der Waals surface area (Å²) < 4.78 is 0. The summed E-state index contributed by atoms with van der Waals surface area (Å²) in [6, 6.07) is 0. The van der Waals surface area contributed by atoms with Crippen molar-refractivity contribution in [3.8, 4) is 0 Å². The molecule has 0 saturated heterocycles. The van der Waals surface area contributed by atoms with Crippen LogP contribution in [0.25, 0.3) is 0 Å². The summed E-state index contributed by atoms with van der Waals surface area (Å²) in [6.07, 6.45) is 0.250. The fraction of sp³-hybridized carbons (Fsp3) is 0. The van der Waals surface area contributed by atoms with Gasteiger partial charge >= 0.3 is 51.6 Å². The van der Waals surface area contributed by atoms with Crippen molar-refractivity contribution in [3.63, 3.8) is 0 Å². The van der Waals surface area contributed by atoms with Crippen LogP contribution in [-0.2, 0) is 9.59 Å². The molecule has 0 N–H and O–H groups in total. The average Bonchev–Trinajstić information content (AvgIpc) is 0.918. The van der Waals surface area contributed by atoms with Crippen LogP contribution in [0.2, 0.25) is 0 Å². The molecule has 0 unspecified atom stereocenters. The molecule has 0 amide bonds. The molecule has 20 valence electrons. The molecule has 0 fully saturated rings. The van der Waals surface area contributed by atoms with Crippen molar-refractivity contribution < 1.29 is 9.59 Å². The third-order valence-corrected chi connectivity index (χ3v) is 0. The Labute approximate surface area is 60.5 Å². The zero-order valence-electron chi connectivity index (χ0n) is 1.32. The molecule has 0 rings (SSSR count). The summed E-state index contributed by atoms with van der Waals surface area (Å²) in [6.45, 7) is 0. The molecule has 0 aliphatic heterocycles. The molecule has 2 nitrogen and oxygen atoms in total. The first-order chi connectivity index (χ1) is 1.41. The van der Waals surface area contributed by atoms with Gasteiger partial charge in [0.15, 0.2) is 0 Å². The normalized spacial score (nSPS) is 2.00. The molecule has 0 aromatic rings. The van der Waals surface area contributed by atoms with Crippen molar-refractivity contribution in [1.29, 1.82) is 0 Å². The predicted molar refractivity (Wildman–Crippen MR) is 13.6 cm³/mol. The topological polar surface area (TPSA) is 34.1 Å². The molecule has 0 aromatic heterocycles. The van der Waals surface area contributed by atoms with Crippen LogP contribution in [0.5, 0.6) is 0 Å². The van der Waals surface area contributed by atoms with Gasteiger partial charge in [0.1, 0.15) is 0 Å². The maximum absolute atomic E-state index is 8.12. The van der Waals surface area contributed by atoms with E-state index in [1.54, 1.807) is 0 Å². The molecule has 0 bridgehead atoms. The SMILES string of the molecule is O=C=O.[SrH2]. The van der Waals surface area contributed by atoms with E-state index in [1.165, 1.54) is 0 Å². The van der Waals surface area contributed by atoms with Gasteiger partial charge in [0, 0.05) is 0 Å². The van der Waals surface area contributed by atoms with Crippen molar-refractivity contribution in [2.45, 2.75) is 0 Å². The molecule has 0 aliphatic carbocycles. The average molecular weight is 134 g/mol. The minimum absolute atomic E-state index is 0. The van der Waals surface area contributed by atoms with E-state index in [-0.39, 0.29) is 51.6 Å². The first-order valence-electron chi connectivity index (χ1n) is 0.408. The molecular weight excluding hydrogens is 132 g/mol. The van der Waals surface area contributed by atoms with E-state index >= 15 is 0 Å². The predicted octanol–water partition coefficient (Wildman–Crippen LogP) is -1.50. The number of hydrogen-bond donors (Lipinski definition) is 0. The molecular formula is CH2O2Sr. The Morgan fingerprint density at radius 2 is 1.25 bits per heavy atom. The van der Waals surface area contributed by atoms with E-state index in [1.807, 2.05) is 0 Å². The van der Waals surface area contributed by atoms with E-state index in [0.717, 1.165) is 0 Å². The molecule has 0 aromatic carbocycles. The Bertz CT molecular complexity index is 27.0. The van der Waals surface area contributed by atoms with Gasteiger partial charge in [0.2, 0.25) is 0 Å². The van der Waals surface area contributed by atoms with Crippen LogP contribution in [0, 0.1) is 0 Å². The van der Waals surface area contributed by atoms with Crippen LogP contribution in [0.4, 0.5) is 0 Å². The van der Waals surface area contributed by atoms with Crippen LogP contribution < -0.4 is 0 Å². The molecule has 0 atom stereocenters. The second-order valence-electron chi connectivity index (χ2n) is 0.0833. The standard InChI is InChI=1S/CO2.Sr.2H/c2-1-3;;;. The fourth-order valence-corrected chi connectivity index (χ4v) is 0. The molecule has 3 heteroatoms. The summed E-state index contributed by atoms with van der Waals surface area (Å²) in [4.78, 5) is 16.2. The van der Waals surface area contributed by atoms with E-state index in [4.69, 9.17) is 9.59 Å². The van der Waals surface area contributed by atoms with Crippen LogP contribution >= 0.6 is 0 Å². The monoisotopic (exact) mass is 134 g/mol. The first-order valence-corrected chi connectivity index (χ1v) is 0.408. The van der Waals surface area contributed by atoms with Gasteiger partial charge in [-0.15, -0.1) is 0 Å². The fourth-order valence-electron chi connectivity index (χ4n) is 0. The number of carbonyl (C=O) groups excluding carboxylic acids is 2. The molecule has 4 heavy (non-hydrogen) atoms. The molecule has 0 aliphatic rings. The summed E-state index contributed by atoms with van der Waals surface area (Å²) >= 11 is 0. The van der Waals surface area contributed by atoms with Gasteiger partial charge in [-0.25, -0.2) is 0 Å². The van der Waals surface area contributed by atoms with Gasteiger partial charge in [-0.1, -0.05) is 0 Å². The first kappa shape index (κ1) is 8.85. The molecule has 0 radical (unpaired) electrons. The van der Waals surface area contributed by atoms with E-state index in [9.17, 15) is 0 Å². The van der Waals surface area contributed by atoms with Gasteiger partial charge in [-0.05, 0) is 0 Å². The van der Waals surface area contributed by atoms with Gasteiger partial charge in [0.05, 0.1) is 0 Å². The number of rotatable bonds is 0. The second kappa shape index (κ2) is 9.13. The summed E-state index contributed by atoms with van der Waals surface area (Å²) in [5.41, 5.74) is 0. The van der Waals surface area contributed by atoms with Crippen LogP contribution in [0.3, 0.4) is 0 Å². The van der Waals surface area contributed by atoms with Crippen molar-refractivity contribution in [1.82, 2.24) is 0 Å². The zero-order chi connectivity index (χ0) is 2.71. The molecule has 0 spiro atoms. The van der Waals surface area contributed by atoms with Crippen molar-refractivity contribution in [2.24, 2.45) is 0 Å². The van der Waals surface area contributed by atoms with Gasteiger partial charge in [-0.2, -0.15) is 9.59 Å². The van der Waals surface area contributed by atoms with Crippen LogP contribution in [0.1, 0.15) is 0 Å². The van der Waals surface area contributed by atoms with E-state index in [2.05, 4.69) is 0 Å². The van der Waals surface area contributed by atoms with Gasteiger partial charge in [-0.3, -0.25) is 0 Å². The molecule has 0 saturated carbocycles. The Morgan fingerprint density at radius 3 is 1.25 bits per heavy atom. The summed E-state index contributed by atoms with van der Waals surface area (Å²) in [5, 5.41) is 0. The number of hydrogen-bond acceptors (Lipinski definition) is 2. The third kappa shape index (κ3) is 13.4. The van der Waals surface area contributed by atoms with Crippen molar-refractivity contribution >= 4 is 51.6 Å². The van der Waals surface area contributed by atoms with Gasteiger partial charge < -0.3 is 0 Å². The molecule has 0 heterocycles. The van der Waals surface area contributed by atoms with E-state index in [0.29, 0.717) is 0 Å². The summed E-state index contributed by atoms with van der Waals surface area (Å²) in [5.74, 6) is 0. The van der Waals surface area contributed by atoms with Crippen molar-refractivity contribution in [3.05, 3.63) is 0 Å². The van der Waals surface area contributed by atoms with E-state index < -0.39 is 0 Å². The minimum atomic E-state index is 0. The second-order valence-corrected chi connectivity index (χ2v) is 0.0833. The quantitative estimate of drug-likeness (QED) is 0.377. The maximum atomic E-state index is 8.12. The third-order valence-electron chi connectivity index (χ3n) is 0. The van der Waals surface area contributed by atoms with Crippen molar-refractivity contribution in [2.75, 3.05) is 0 Å². The van der Waals surface area contributed by atoms with Crippen LogP contribution in [-0.4, -0.2) is 51.6 Å². The zero-order valence-corrected chi connectivity index (χ0v) is 1.32. The van der Waals surface area contributed by atoms with Crippen LogP contribution in [0.15, 0.2) is 0 Å². The summed E-state index contributed by atoms with van der Waals surface area (Å²) in [7, 11) is 0.